The van der Waals surface area contributed by atoms with E-state index in [0.717, 1.165) is 25.7 Å². The van der Waals surface area contributed by atoms with Gasteiger partial charge in [0, 0.05) is 13.8 Å². The first kappa shape index (κ1) is 15.0. The van der Waals surface area contributed by atoms with Gasteiger partial charge in [0.2, 0.25) is 0 Å². The molecule has 0 aromatic carbocycles. The number of carbonyl (C=O) groups excluding carboxylic acids is 2. The molecule has 0 aromatic heterocycles. The molecule has 0 heterocycles. The van der Waals surface area contributed by atoms with Gasteiger partial charge in [-0.15, -0.1) is 0 Å². The SMILES string of the molecule is CC(=O)OCCC1CCC(C)(C)CC1OC(C)=O. The van der Waals surface area contributed by atoms with Crippen molar-refractivity contribution in [3.63, 3.8) is 0 Å². The first-order chi connectivity index (χ1) is 8.30. The van der Waals surface area contributed by atoms with Gasteiger partial charge in [0.05, 0.1) is 6.61 Å². The van der Waals surface area contributed by atoms with Crippen LogP contribution in [-0.4, -0.2) is 24.6 Å². The zero-order valence-corrected chi connectivity index (χ0v) is 11.8. The monoisotopic (exact) mass is 256 g/mol. The minimum atomic E-state index is -0.254. The fraction of sp³-hybridized carbons (Fsp3) is 0.857. The molecule has 4 nitrogen and oxygen atoms in total. The van der Waals surface area contributed by atoms with Crippen molar-refractivity contribution in [2.24, 2.45) is 11.3 Å². The average Bonchev–Trinajstić information content (AvgIpc) is 2.19. The van der Waals surface area contributed by atoms with Crippen LogP contribution in [0, 0.1) is 11.3 Å². The highest BCUT2D eigenvalue weighted by atomic mass is 16.5. The standard InChI is InChI=1S/C14H24O4/c1-10(15)17-8-6-12-5-7-14(3,4)9-13(12)18-11(2)16/h12-13H,5-9H2,1-4H3. The van der Waals surface area contributed by atoms with E-state index < -0.39 is 0 Å². The Morgan fingerprint density at radius 2 is 1.89 bits per heavy atom. The van der Waals surface area contributed by atoms with Crippen LogP contribution in [-0.2, 0) is 19.1 Å². The van der Waals surface area contributed by atoms with Crippen LogP contribution in [0.5, 0.6) is 0 Å². The summed E-state index contributed by atoms with van der Waals surface area (Å²) in [6, 6.07) is 0. The smallest absolute Gasteiger partial charge is 0.302 e. The Kier molecular flexibility index (Phi) is 5.17. The fourth-order valence-corrected chi connectivity index (χ4v) is 2.61. The van der Waals surface area contributed by atoms with Gasteiger partial charge in [-0.2, -0.15) is 0 Å². The van der Waals surface area contributed by atoms with Crippen LogP contribution in [0.3, 0.4) is 0 Å². The third-order valence-corrected chi connectivity index (χ3v) is 3.58. The van der Waals surface area contributed by atoms with Gasteiger partial charge in [0.15, 0.2) is 0 Å². The zero-order chi connectivity index (χ0) is 13.8. The van der Waals surface area contributed by atoms with Crippen molar-refractivity contribution in [3.8, 4) is 0 Å². The van der Waals surface area contributed by atoms with Crippen LogP contribution in [0.15, 0.2) is 0 Å². The van der Waals surface area contributed by atoms with E-state index in [1.54, 1.807) is 0 Å². The molecule has 0 amide bonds. The molecule has 104 valence electrons. The number of hydrogen-bond donors (Lipinski definition) is 0. The van der Waals surface area contributed by atoms with E-state index in [2.05, 4.69) is 13.8 Å². The van der Waals surface area contributed by atoms with Gasteiger partial charge in [-0.3, -0.25) is 9.59 Å². The molecule has 1 saturated carbocycles. The van der Waals surface area contributed by atoms with Crippen molar-refractivity contribution in [1.82, 2.24) is 0 Å². The van der Waals surface area contributed by atoms with Crippen molar-refractivity contribution in [2.75, 3.05) is 6.61 Å². The highest BCUT2D eigenvalue weighted by Gasteiger charge is 2.36. The van der Waals surface area contributed by atoms with Crippen molar-refractivity contribution in [2.45, 2.75) is 59.5 Å². The summed E-state index contributed by atoms with van der Waals surface area (Å²) < 4.78 is 10.4. The van der Waals surface area contributed by atoms with Gasteiger partial charge in [0.25, 0.3) is 0 Å². The Morgan fingerprint density at radius 1 is 1.22 bits per heavy atom. The van der Waals surface area contributed by atoms with Gasteiger partial charge in [-0.05, 0) is 37.0 Å². The summed E-state index contributed by atoms with van der Waals surface area (Å²) in [4.78, 5) is 21.9. The minimum absolute atomic E-state index is 0.0400. The number of rotatable bonds is 4. The Hall–Kier alpha value is -1.06. The lowest BCUT2D eigenvalue weighted by Gasteiger charge is -2.40. The van der Waals surface area contributed by atoms with Crippen LogP contribution < -0.4 is 0 Å². The van der Waals surface area contributed by atoms with Gasteiger partial charge in [-0.1, -0.05) is 13.8 Å². The summed E-state index contributed by atoms with van der Waals surface area (Å²) in [5.74, 6) is -0.174. The molecule has 4 heteroatoms. The lowest BCUT2D eigenvalue weighted by atomic mass is 9.70. The lowest BCUT2D eigenvalue weighted by molar-refractivity contribution is -0.155. The predicted molar refractivity (Wildman–Crippen MR) is 67.9 cm³/mol. The lowest BCUT2D eigenvalue weighted by Crippen LogP contribution is -2.37. The molecule has 18 heavy (non-hydrogen) atoms. The van der Waals surface area contributed by atoms with E-state index >= 15 is 0 Å². The summed E-state index contributed by atoms with van der Waals surface area (Å²) in [6.07, 6.45) is 3.76. The summed E-state index contributed by atoms with van der Waals surface area (Å²) in [5.41, 5.74) is 0.220. The summed E-state index contributed by atoms with van der Waals surface area (Å²) in [7, 11) is 0. The van der Waals surface area contributed by atoms with Crippen molar-refractivity contribution in [1.29, 1.82) is 0 Å². The van der Waals surface area contributed by atoms with Gasteiger partial charge < -0.3 is 9.47 Å². The topological polar surface area (TPSA) is 52.6 Å². The molecule has 0 bridgehead atoms. The van der Waals surface area contributed by atoms with Crippen LogP contribution in [0.25, 0.3) is 0 Å². The van der Waals surface area contributed by atoms with E-state index in [-0.39, 0.29) is 23.5 Å². The molecule has 2 unspecified atom stereocenters. The molecule has 0 radical (unpaired) electrons. The molecule has 1 aliphatic carbocycles. The maximum absolute atomic E-state index is 11.1. The Morgan fingerprint density at radius 3 is 2.44 bits per heavy atom. The molecule has 1 fully saturated rings. The Balaban J connectivity index is 2.52. The van der Waals surface area contributed by atoms with Crippen molar-refractivity contribution in [3.05, 3.63) is 0 Å². The molecule has 0 aromatic rings. The van der Waals surface area contributed by atoms with Crippen molar-refractivity contribution < 1.29 is 19.1 Å². The Bertz CT molecular complexity index is 309. The molecule has 0 aliphatic heterocycles. The number of esters is 2. The van der Waals surface area contributed by atoms with E-state index in [1.165, 1.54) is 13.8 Å². The fourth-order valence-electron chi connectivity index (χ4n) is 2.61. The molecular weight excluding hydrogens is 232 g/mol. The molecule has 0 saturated heterocycles. The second-order valence-electron chi connectivity index (χ2n) is 5.94. The maximum Gasteiger partial charge on any atom is 0.302 e. The minimum Gasteiger partial charge on any atom is -0.466 e. The highest BCUT2D eigenvalue weighted by Crippen LogP contribution is 2.40. The average molecular weight is 256 g/mol. The molecule has 1 rings (SSSR count). The van der Waals surface area contributed by atoms with E-state index in [1.807, 2.05) is 0 Å². The quantitative estimate of drug-likeness (QED) is 0.726. The van der Waals surface area contributed by atoms with Crippen molar-refractivity contribution >= 4 is 11.9 Å². The first-order valence-corrected chi connectivity index (χ1v) is 6.61. The van der Waals surface area contributed by atoms with Crippen LogP contribution in [0.4, 0.5) is 0 Å². The Labute approximate surface area is 109 Å². The third-order valence-electron chi connectivity index (χ3n) is 3.58. The number of ether oxygens (including phenoxy) is 2. The predicted octanol–water partition coefficient (Wildman–Crippen LogP) is 2.70. The zero-order valence-electron chi connectivity index (χ0n) is 11.8. The van der Waals surface area contributed by atoms with Gasteiger partial charge >= 0.3 is 11.9 Å². The summed E-state index contributed by atoms with van der Waals surface area (Å²) >= 11 is 0. The van der Waals surface area contributed by atoms with E-state index in [9.17, 15) is 9.59 Å². The summed E-state index contributed by atoms with van der Waals surface area (Å²) in [5, 5.41) is 0. The van der Waals surface area contributed by atoms with E-state index in [4.69, 9.17) is 9.47 Å². The van der Waals surface area contributed by atoms with Crippen LogP contribution >= 0.6 is 0 Å². The molecule has 0 spiro atoms. The van der Waals surface area contributed by atoms with E-state index in [0.29, 0.717) is 12.5 Å². The molecule has 2 atom stereocenters. The third kappa shape index (κ3) is 5.07. The van der Waals surface area contributed by atoms with Gasteiger partial charge in [-0.25, -0.2) is 0 Å². The molecule has 0 N–H and O–H groups in total. The maximum atomic E-state index is 11.1. The molecular formula is C14H24O4. The normalized spacial score (nSPS) is 26.4. The van der Waals surface area contributed by atoms with Crippen LogP contribution in [0.2, 0.25) is 0 Å². The molecule has 1 aliphatic rings. The highest BCUT2D eigenvalue weighted by molar-refractivity contribution is 5.66. The number of hydrogen-bond acceptors (Lipinski definition) is 4. The second kappa shape index (κ2) is 6.21. The number of carbonyl (C=O) groups is 2. The first-order valence-electron chi connectivity index (χ1n) is 6.61. The van der Waals surface area contributed by atoms with Crippen LogP contribution in [0.1, 0.15) is 53.4 Å². The van der Waals surface area contributed by atoms with Gasteiger partial charge in [0.1, 0.15) is 6.10 Å². The largest absolute Gasteiger partial charge is 0.466 e. The summed E-state index contributed by atoms with van der Waals surface area (Å²) in [6.45, 7) is 7.67. The second-order valence-corrected chi connectivity index (χ2v) is 5.94.